The molecule has 1 unspecified atom stereocenters. The van der Waals surface area contributed by atoms with E-state index in [0.717, 1.165) is 12.1 Å². The van der Waals surface area contributed by atoms with E-state index in [4.69, 9.17) is 5.11 Å². The maximum atomic E-state index is 11.1. The lowest BCUT2D eigenvalue weighted by Crippen LogP contribution is -2.28. The van der Waals surface area contributed by atoms with Gasteiger partial charge in [-0.15, -0.1) is 0 Å². The van der Waals surface area contributed by atoms with Crippen molar-refractivity contribution >= 4 is 11.7 Å². The van der Waals surface area contributed by atoms with Crippen molar-refractivity contribution in [3.8, 4) is 0 Å². The minimum atomic E-state index is -0.795. The summed E-state index contributed by atoms with van der Waals surface area (Å²) >= 11 is 0. The fourth-order valence-corrected chi connectivity index (χ4v) is 1.81. The molecular weight excluding hydrogens is 226 g/mol. The molecule has 1 aromatic carbocycles. The number of anilines is 1. The molecule has 0 heterocycles. The molecule has 0 aliphatic carbocycles. The SMILES string of the molecule is CCCC(Nc1ccc(C(C)(C)C)cc1)C(=O)O. The van der Waals surface area contributed by atoms with E-state index in [1.165, 1.54) is 5.56 Å². The van der Waals surface area contributed by atoms with Crippen molar-refractivity contribution < 1.29 is 9.90 Å². The highest BCUT2D eigenvalue weighted by Gasteiger charge is 2.17. The number of carboxylic acid groups (broad SMARTS) is 1. The fourth-order valence-electron chi connectivity index (χ4n) is 1.81. The first-order valence-corrected chi connectivity index (χ1v) is 6.44. The molecule has 2 N–H and O–H groups in total. The Morgan fingerprint density at radius 3 is 2.22 bits per heavy atom. The van der Waals surface area contributed by atoms with Crippen molar-refractivity contribution in [3.63, 3.8) is 0 Å². The van der Waals surface area contributed by atoms with Crippen LogP contribution in [0.1, 0.15) is 46.1 Å². The van der Waals surface area contributed by atoms with Crippen LogP contribution in [-0.4, -0.2) is 17.1 Å². The molecule has 0 fully saturated rings. The zero-order valence-corrected chi connectivity index (χ0v) is 11.7. The van der Waals surface area contributed by atoms with E-state index in [2.05, 4.69) is 26.1 Å². The van der Waals surface area contributed by atoms with Gasteiger partial charge in [0.15, 0.2) is 0 Å². The van der Waals surface area contributed by atoms with E-state index in [1.807, 2.05) is 31.2 Å². The number of rotatable bonds is 5. The molecule has 0 bridgehead atoms. The maximum absolute atomic E-state index is 11.1. The molecule has 18 heavy (non-hydrogen) atoms. The largest absolute Gasteiger partial charge is 0.480 e. The quantitative estimate of drug-likeness (QED) is 0.837. The highest BCUT2D eigenvalue weighted by Crippen LogP contribution is 2.23. The van der Waals surface area contributed by atoms with E-state index in [0.29, 0.717) is 6.42 Å². The van der Waals surface area contributed by atoms with E-state index < -0.39 is 12.0 Å². The summed E-state index contributed by atoms with van der Waals surface area (Å²) in [7, 11) is 0. The van der Waals surface area contributed by atoms with Crippen molar-refractivity contribution in [2.45, 2.75) is 52.0 Å². The highest BCUT2D eigenvalue weighted by atomic mass is 16.4. The number of hydrogen-bond donors (Lipinski definition) is 2. The number of hydrogen-bond acceptors (Lipinski definition) is 2. The third kappa shape index (κ3) is 4.06. The summed E-state index contributed by atoms with van der Waals surface area (Å²) in [6.07, 6.45) is 1.49. The lowest BCUT2D eigenvalue weighted by molar-refractivity contribution is -0.138. The lowest BCUT2D eigenvalue weighted by atomic mass is 9.87. The Morgan fingerprint density at radius 2 is 1.83 bits per heavy atom. The molecule has 0 amide bonds. The van der Waals surface area contributed by atoms with Crippen LogP contribution < -0.4 is 5.32 Å². The molecule has 0 spiro atoms. The van der Waals surface area contributed by atoms with Crippen LogP contribution in [0.4, 0.5) is 5.69 Å². The van der Waals surface area contributed by atoms with Gasteiger partial charge in [-0.1, -0.05) is 46.2 Å². The summed E-state index contributed by atoms with van der Waals surface area (Å²) in [5, 5.41) is 12.1. The maximum Gasteiger partial charge on any atom is 0.326 e. The molecule has 1 rings (SSSR count). The standard InChI is InChI=1S/C15H23NO2/c1-5-6-13(14(17)18)16-12-9-7-11(8-10-12)15(2,3)4/h7-10,13,16H,5-6H2,1-4H3,(H,17,18). The smallest absolute Gasteiger partial charge is 0.326 e. The zero-order chi connectivity index (χ0) is 13.8. The molecule has 3 heteroatoms. The first-order chi connectivity index (χ1) is 8.34. The van der Waals surface area contributed by atoms with Gasteiger partial charge in [0, 0.05) is 5.69 Å². The van der Waals surface area contributed by atoms with Crippen LogP contribution in [0.15, 0.2) is 24.3 Å². The van der Waals surface area contributed by atoms with Crippen LogP contribution in [0.2, 0.25) is 0 Å². The van der Waals surface area contributed by atoms with E-state index in [-0.39, 0.29) is 5.41 Å². The Kier molecular flexibility index (Phi) is 4.76. The zero-order valence-electron chi connectivity index (χ0n) is 11.7. The van der Waals surface area contributed by atoms with Gasteiger partial charge in [0.1, 0.15) is 6.04 Å². The van der Waals surface area contributed by atoms with Gasteiger partial charge in [-0.3, -0.25) is 0 Å². The van der Waals surface area contributed by atoms with Gasteiger partial charge >= 0.3 is 5.97 Å². The van der Waals surface area contributed by atoms with Gasteiger partial charge in [0.2, 0.25) is 0 Å². The summed E-state index contributed by atoms with van der Waals surface area (Å²) in [6.45, 7) is 8.46. The third-order valence-electron chi connectivity index (χ3n) is 2.97. The van der Waals surface area contributed by atoms with Crippen molar-refractivity contribution in [1.82, 2.24) is 0 Å². The Bertz CT molecular complexity index is 390. The third-order valence-corrected chi connectivity index (χ3v) is 2.97. The topological polar surface area (TPSA) is 49.3 Å². The second-order valence-corrected chi connectivity index (χ2v) is 5.65. The molecule has 0 saturated heterocycles. The van der Waals surface area contributed by atoms with Crippen LogP contribution >= 0.6 is 0 Å². The highest BCUT2D eigenvalue weighted by molar-refractivity contribution is 5.77. The van der Waals surface area contributed by atoms with Crippen LogP contribution in [0, 0.1) is 0 Å². The molecule has 0 aromatic heterocycles. The van der Waals surface area contributed by atoms with Gasteiger partial charge in [-0.25, -0.2) is 4.79 Å². The second-order valence-electron chi connectivity index (χ2n) is 5.65. The van der Waals surface area contributed by atoms with E-state index in [9.17, 15) is 4.79 Å². The van der Waals surface area contributed by atoms with Crippen molar-refractivity contribution in [2.75, 3.05) is 5.32 Å². The fraction of sp³-hybridized carbons (Fsp3) is 0.533. The first-order valence-electron chi connectivity index (χ1n) is 6.44. The number of carbonyl (C=O) groups is 1. The van der Waals surface area contributed by atoms with Crippen molar-refractivity contribution in [2.24, 2.45) is 0 Å². The average Bonchev–Trinajstić information content (AvgIpc) is 2.28. The average molecular weight is 249 g/mol. The van der Waals surface area contributed by atoms with Gasteiger partial charge in [-0.05, 0) is 29.5 Å². The number of carboxylic acids is 1. The Balaban J connectivity index is 2.76. The summed E-state index contributed by atoms with van der Waals surface area (Å²) < 4.78 is 0. The van der Waals surface area contributed by atoms with Gasteiger partial charge < -0.3 is 10.4 Å². The Labute approximate surface area is 109 Å². The van der Waals surface area contributed by atoms with Gasteiger partial charge in [0.05, 0.1) is 0 Å². The van der Waals surface area contributed by atoms with Crippen molar-refractivity contribution in [1.29, 1.82) is 0 Å². The molecule has 0 aliphatic heterocycles. The van der Waals surface area contributed by atoms with Crippen LogP contribution in [0.3, 0.4) is 0 Å². The van der Waals surface area contributed by atoms with E-state index in [1.54, 1.807) is 0 Å². The summed E-state index contributed by atoms with van der Waals surface area (Å²) in [5.41, 5.74) is 2.23. The lowest BCUT2D eigenvalue weighted by Gasteiger charge is -2.20. The molecule has 100 valence electrons. The molecule has 0 saturated carbocycles. The molecular formula is C15H23NO2. The molecule has 0 radical (unpaired) electrons. The van der Waals surface area contributed by atoms with Crippen LogP contribution in [0.5, 0.6) is 0 Å². The van der Waals surface area contributed by atoms with Crippen molar-refractivity contribution in [3.05, 3.63) is 29.8 Å². The molecule has 3 nitrogen and oxygen atoms in total. The molecule has 1 aromatic rings. The normalized spacial score (nSPS) is 13.1. The predicted molar refractivity (Wildman–Crippen MR) is 75.1 cm³/mol. The Hall–Kier alpha value is -1.51. The van der Waals surface area contributed by atoms with Crippen LogP contribution in [-0.2, 0) is 10.2 Å². The second kappa shape index (κ2) is 5.89. The summed E-state index contributed by atoms with van der Waals surface area (Å²) in [5.74, 6) is -0.795. The number of benzene rings is 1. The summed E-state index contributed by atoms with van der Waals surface area (Å²) in [4.78, 5) is 11.1. The predicted octanol–water partition coefficient (Wildman–Crippen LogP) is 3.65. The van der Waals surface area contributed by atoms with Gasteiger partial charge in [0.25, 0.3) is 0 Å². The molecule has 1 atom stereocenters. The van der Waals surface area contributed by atoms with E-state index >= 15 is 0 Å². The minimum Gasteiger partial charge on any atom is -0.480 e. The van der Waals surface area contributed by atoms with Crippen LogP contribution in [0.25, 0.3) is 0 Å². The first kappa shape index (κ1) is 14.6. The molecule has 0 aliphatic rings. The monoisotopic (exact) mass is 249 g/mol. The number of aliphatic carboxylic acids is 1. The number of nitrogens with one attached hydrogen (secondary N) is 1. The van der Waals surface area contributed by atoms with Gasteiger partial charge in [-0.2, -0.15) is 0 Å². The Morgan fingerprint density at radius 1 is 1.28 bits per heavy atom. The summed E-state index contributed by atoms with van der Waals surface area (Å²) in [6, 6.07) is 7.49. The minimum absolute atomic E-state index is 0.119.